The van der Waals surface area contributed by atoms with Gasteiger partial charge in [-0.15, -0.1) is 0 Å². The number of amides is 2. The van der Waals surface area contributed by atoms with Gasteiger partial charge in [0.1, 0.15) is 5.82 Å². The van der Waals surface area contributed by atoms with E-state index in [0.717, 1.165) is 43.0 Å². The van der Waals surface area contributed by atoms with Crippen LogP contribution in [-0.2, 0) is 9.53 Å². The number of hydrogen-bond acceptors (Lipinski definition) is 5. The topological polar surface area (TPSA) is 73.9 Å². The van der Waals surface area contributed by atoms with Crippen LogP contribution in [0.4, 0.5) is 14.9 Å². The molecule has 0 aromatic heterocycles. The molecule has 7 nitrogen and oxygen atoms in total. The number of carbonyl (C=O) groups excluding carboxylic acids is 2. The average molecular weight is 453 g/mol. The second-order valence-electron chi connectivity index (χ2n) is 8.29. The number of aryl methyl sites for hydroxylation is 1. The minimum absolute atomic E-state index is 0.249. The Labute approximate surface area is 193 Å². The first-order valence-corrected chi connectivity index (χ1v) is 11.2. The Hall–Kier alpha value is -3.39. The number of esters is 1. The molecule has 0 aliphatic carbocycles. The molecule has 0 unspecified atom stereocenters. The molecule has 1 atom stereocenters. The maximum absolute atomic E-state index is 13.2. The predicted molar refractivity (Wildman–Crippen MR) is 124 cm³/mol. The maximum atomic E-state index is 13.2. The quantitative estimate of drug-likeness (QED) is 0.659. The Morgan fingerprint density at radius 1 is 1.06 bits per heavy atom. The Morgan fingerprint density at radius 2 is 1.73 bits per heavy atom. The van der Waals surface area contributed by atoms with E-state index in [1.807, 2.05) is 31.2 Å². The minimum atomic E-state index is -0.575. The lowest BCUT2D eigenvalue weighted by Gasteiger charge is -2.38. The second kappa shape index (κ2) is 10.0. The summed E-state index contributed by atoms with van der Waals surface area (Å²) in [6, 6.07) is 13.3. The van der Waals surface area contributed by atoms with Crippen LogP contribution in [-0.4, -0.2) is 56.2 Å². The highest BCUT2D eigenvalue weighted by molar-refractivity contribution is 5.95. The molecule has 4 rings (SSSR count). The molecule has 0 spiro atoms. The van der Waals surface area contributed by atoms with Crippen molar-refractivity contribution in [2.24, 2.45) is 0 Å². The lowest BCUT2D eigenvalue weighted by Crippen LogP contribution is -2.51. The summed E-state index contributed by atoms with van der Waals surface area (Å²) in [5.74, 6) is -0.684. The molecule has 2 heterocycles. The van der Waals surface area contributed by atoms with Crippen molar-refractivity contribution in [3.8, 4) is 0 Å². The van der Waals surface area contributed by atoms with E-state index in [9.17, 15) is 14.0 Å². The number of nitrogens with one attached hydrogen (secondary N) is 2. The van der Waals surface area contributed by atoms with Crippen molar-refractivity contribution in [3.63, 3.8) is 0 Å². The number of urea groups is 1. The first-order chi connectivity index (χ1) is 15.9. The molecule has 2 amide bonds. The largest absolute Gasteiger partial charge is 0.463 e. The highest BCUT2D eigenvalue weighted by Gasteiger charge is 2.34. The van der Waals surface area contributed by atoms with Crippen molar-refractivity contribution >= 4 is 17.7 Å². The van der Waals surface area contributed by atoms with Gasteiger partial charge in [-0.1, -0.05) is 29.8 Å². The van der Waals surface area contributed by atoms with Crippen LogP contribution < -0.4 is 15.5 Å². The van der Waals surface area contributed by atoms with Crippen molar-refractivity contribution in [1.29, 1.82) is 0 Å². The van der Waals surface area contributed by atoms with Crippen molar-refractivity contribution < 1.29 is 18.7 Å². The number of halogens is 1. The van der Waals surface area contributed by atoms with E-state index < -0.39 is 12.0 Å². The zero-order chi connectivity index (χ0) is 23.4. The summed E-state index contributed by atoms with van der Waals surface area (Å²) in [6.07, 6.45) is 0. The van der Waals surface area contributed by atoms with Gasteiger partial charge in [0.2, 0.25) is 0 Å². The lowest BCUT2D eigenvalue weighted by atomic mass is 9.94. The van der Waals surface area contributed by atoms with Crippen LogP contribution >= 0.6 is 0 Å². The van der Waals surface area contributed by atoms with Crippen LogP contribution in [0.15, 0.2) is 59.8 Å². The SMILES string of the molecule is CCOC(=O)C1=C(CN2CCN(c3ccc(F)cc3)CC2)NC(=O)N[C@H]1c1ccc(C)cc1. The number of hydrogen-bond donors (Lipinski definition) is 2. The molecule has 2 aromatic rings. The molecule has 2 aliphatic heterocycles. The number of piperazine rings is 1. The Morgan fingerprint density at radius 3 is 2.36 bits per heavy atom. The first-order valence-electron chi connectivity index (χ1n) is 11.2. The zero-order valence-corrected chi connectivity index (χ0v) is 18.9. The van der Waals surface area contributed by atoms with Gasteiger partial charge >= 0.3 is 12.0 Å². The van der Waals surface area contributed by atoms with Crippen molar-refractivity contribution in [1.82, 2.24) is 15.5 Å². The van der Waals surface area contributed by atoms with Crippen molar-refractivity contribution in [2.75, 3.05) is 44.2 Å². The smallest absolute Gasteiger partial charge is 0.338 e. The molecule has 0 bridgehead atoms. The highest BCUT2D eigenvalue weighted by atomic mass is 19.1. The number of benzene rings is 2. The van der Waals surface area contributed by atoms with Gasteiger partial charge < -0.3 is 20.3 Å². The van der Waals surface area contributed by atoms with E-state index in [1.54, 1.807) is 19.1 Å². The van der Waals surface area contributed by atoms with Crippen LogP contribution in [0.5, 0.6) is 0 Å². The van der Waals surface area contributed by atoms with E-state index in [0.29, 0.717) is 17.8 Å². The van der Waals surface area contributed by atoms with Crippen LogP contribution in [0.2, 0.25) is 0 Å². The van der Waals surface area contributed by atoms with Gasteiger partial charge in [-0.3, -0.25) is 4.90 Å². The van der Waals surface area contributed by atoms with E-state index in [4.69, 9.17) is 4.74 Å². The lowest BCUT2D eigenvalue weighted by molar-refractivity contribution is -0.139. The summed E-state index contributed by atoms with van der Waals surface area (Å²) in [6.45, 7) is 7.46. The third-order valence-electron chi connectivity index (χ3n) is 6.01. The van der Waals surface area contributed by atoms with E-state index >= 15 is 0 Å². The second-order valence-corrected chi connectivity index (χ2v) is 8.29. The first kappa shape index (κ1) is 22.8. The van der Waals surface area contributed by atoms with Gasteiger partial charge in [0, 0.05) is 44.1 Å². The van der Waals surface area contributed by atoms with Gasteiger partial charge in [-0.05, 0) is 43.7 Å². The van der Waals surface area contributed by atoms with Gasteiger partial charge in [0.25, 0.3) is 0 Å². The Balaban J connectivity index is 1.54. The number of ether oxygens (including phenoxy) is 1. The molecule has 2 aliphatic rings. The normalized spacial score (nSPS) is 19.2. The predicted octanol–water partition coefficient (Wildman–Crippen LogP) is 3.13. The van der Waals surface area contributed by atoms with Gasteiger partial charge in [0.15, 0.2) is 0 Å². The Kier molecular flexibility index (Phi) is 6.93. The van der Waals surface area contributed by atoms with Crippen molar-refractivity contribution in [2.45, 2.75) is 19.9 Å². The summed E-state index contributed by atoms with van der Waals surface area (Å²) >= 11 is 0. The fourth-order valence-electron chi connectivity index (χ4n) is 4.24. The van der Waals surface area contributed by atoms with Crippen LogP contribution in [0.3, 0.4) is 0 Å². The molecule has 8 heteroatoms. The monoisotopic (exact) mass is 452 g/mol. The number of rotatable bonds is 6. The average Bonchev–Trinajstić information content (AvgIpc) is 2.80. The van der Waals surface area contributed by atoms with Gasteiger partial charge in [-0.2, -0.15) is 0 Å². The summed E-state index contributed by atoms with van der Waals surface area (Å²) in [5.41, 5.74) is 3.91. The van der Waals surface area contributed by atoms with Crippen LogP contribution in [0.25, 0.3) is 0 Å². The van der Waals surface area contributed by atoms with E-state index in [2.05, 4.69) is 20.4 Å². The van der Waals surface area contributed by atoms with Crippen molar-refractivity contribution in [3.05, 3.63) is 76.7 Å². The van der Waals surface area contributed by atoms with E-state index in [1.165, 1.54) is 12.1 Å². The summed E-state index contributed by atoms with van der Waals surface area (Å²) in [4.78, 5) is 29.8. The summed E-state index contributed by atoms with van der Waals surface area (Å²) < 4.78 is 18.6. The van der Waals surface area contributed by atoms with Gasteiger partial charge in [-0.25, -0.2) is 14.0 Å². The Bertz CT molecular complexity index is 1030. The zero-order valence-electron chi connectivity index (χ0n) is 18.9. The molecule has 2 N–H and O–H groups in total. The molecule has 1 fully saturated rings. The maximum Gasteiger partial charge on any atom is 0.338 e. The third-order valence-corrected chi connectivity index (χ3v) is 6.01. The van der Waals surface area contributed by atoms with E-state index in [-0.39, 0.29) is 18.5 Å². The third kappa shape index (κ3) is 5.34. The molecule has 2 aromatic carbocycles. The fourth-order valence-corrected chi connectivity index (χ4v) is 4.24. The molecular formula is C25H29FN4O3. The highest BCUT2D eigenvalue weighted by Crippen LogP contribution is 2.29. The molecule has 33 heavy (non-hydrogen) atoms. The molecule has 174 valence electrons. The molecule has 0 radical (unpaired) electrons. The molecular weight excluding hydrogens is 423 g/mol. The molecule has 1 saturated heterocycles. The molecule has 0 saturated carbocycles. The minimum Gasteiger partial charge on any atom is -0.463 e. The number of nitrogens with zero attached hydrogens (tertiary/aromatic N) is 2. The fraction of sp³-hybridized carbons (Fsp3) is 0.360. The number of anilines is 1. The summed E-state index contributed by atoms with van der Waals surface area (Å²) in [7, 11) is 0. The summed E-state index contributed by atoms with van der Waals surface area (Å²) in [5, 5.41) is 5.72. The van der Waals surface area contributed by atoms with Crippen LogP contribution in [0.1, 0.15) is 24.1 Å². The van der Waals surface area contributed by atoms with Crippen LogP contribution in [0, 0.1) is 12.7 Å². The van der Waals surface area contributed by atoms with Gasteiger partial charge in [0.05, 0.1) is 18.2 Å². The standard InChI is InChI=1S/C25H29FN4O3/c1-3-33-24(31)22-21(27-25(32)28-23(22)18-6-4-17(2)5-7-18)16-29-12-14-30(15-13-29)20-10-8-19(26)9-11-20/h4-11,23H,3,12-16H2,1-2H3,(H2,27,28,32)/t23-/m0/s1. The number of carbonyl (C=O) groups is 2.